The molecule has 276 valence electrons. The Labute approximate surface area is 340 Å². The van der Waals surface area contributed by atoms with Crippen LogP contribution in [-0.2, 0) is 5.41 Å². The zero-order valence-electron chi connectivity index (χ0n) is 32.6. The van der Waals surface area contributed by atoms with Gasteiger partial charge in [0.2, 0.25) is 0 Å². The Hall–Kier alpha value is -7.42. The van der Waals surface area contributed by atoms with Gasteiger partial charge in [-0.3, -0.25) is 0 Å². The fourth-order valence-corrected chi connectivity index (χ4v) is 10.4. The average molecular weight is 753 g/mol. The van der Waals surface area contributed by atoms with Crippen molar-refractivity contribution in [3.05, 3.63) is 193 Å². The van der Waals surface area contributed by atoms with Gasteiger partial charge in [-0.25, -0.2) is 0 Å². The van der Waals surface area contributed by atoms with Crippen LogP contribution in [0.25, 0.3) is 121 Å². The van der Waals surface area contributed by atoms with Crippen LogP contribution >= 0.6 is 0 Å². The lowest BCUT2D eigenvalue weighted by molar-refractivity contribution is 0.660. The summed E-state index contributed by atoms with van der Waals surface area (Å²) in [5.41, 5.74) is 16.1. The minimum atomic E-state index is -0.169. The lowest BCUT2D eigenvalue weighted by Gasteiger charge is -2.23. The van der Waals surface area contributed by atoms with Crippen molar-refractivity contribution in [2.75, 3.05) is 0 Å². The van der Waals surface area contributed by atoms with E-state index in [0.29, 0.717) is 0 Å². The third-order valence-electron chi connectivity index (χ3n) is 13.3. The van der Waals surface area contributed by atoms with Crippen molar-refractivity contribution in [1.29, 1.82) is 0 Å². The standard InChI is InChI=1S/C57H36O2/c1-57(2)49-27-24-34(35-22-26-40-48-32-53-47(31-54(48)59-52(40)30-35)39-15-9-10-21-51(39)58-53)28-46(49)38-25-23-36(29-50(38)57)55-42-16-5-7-18-44(42)56(45-19-8-6-17-43(45)55)41-20-11-13-33-12-3-4-14-37(33)41/h3-32H,1-2H3. The first-order chi connectivity index (χ1) is 29.0. The molecule has 13 rings (SSSR count). The monoisotopic (exact) mass is 752 g/mol. The molecule has 1 aliphatic rings. The fraction of sp³-hybridized carbons (Fsp3) is 0.0526. The Morgan fingerprint density at radius 1 is 0.305 bits per heavy atom. The molecule has 0 radical (unpaired) electrons. The van der Waals surface area contributed by atoms with E-state index in [0.717, 1.165) is 49.4 Å². The maximum absolute atomic E-state index is 6.55. The first-order valence-corrected chi connectivity index (χ1v) is 20.5. The summed E-state index contributed by atoms with van der Waals surface area (Å²) >= 11 is 0. The molecule has 12 aromatic rings. The maximum atomic E-state index is 6.55. The molecule has 59 heavy (non-hydrogen) atoms. The van der Waals surface area contributed by atoms with Crippen LogP contribution < -0.4 is 0 Å². The molecule has 0 saturated carbocycles. The second kappa shape index (κ2) is 11.8. The number of hydrogen-bond acceptors (Lipinski definition) is 2. The highest BCUT2D eigenvalue weighted by Crippen LogP contribution is 2.52. The Bertz CT molecular complexity index is 3700. The van der Waals surface area contributed by atoms with Crippen LogP contribution in [0.4, 0.5) is 0 Å². The summed E-state index contributed by atoms with van der Waals surface area (Å²) in [7, 11) is 0. The van der Waals surface area contributed by atoms with Gasteiger partial charge in [-0.15, -0.1) is 0 Å². The van der Waals surface area contributed by atoms with Crippen molar-refractivity contribution in [3.63, 3.8) is 0 Å². The van der Waals surface area contributed by atoms with Crippen LogP contribution in [0, 0.1) is 0 Å². The topological polar surface area (TPSA) is 26.3 Å². The lowest BCUT2D eigenvalue weighted by Crippen LogP contribution is -2.15. The van der Waals surface area contributed by atoms with Crippen LogP contribution in [0.15, 0.2) is 191 Å². The van der Waals surface area contributed by atoms with Crippen molar-refractivity contribution in [1.82, 2.24) is 0 Å². The first-order valence-electron chi connectivity index (χ1n) is 20.5. The number of hydrogen-bond donors (Lipinski definition) is 0. The van der Waals surface area contributed by atoms with Crippen LogP contribution in [0.1, 0.15) is 25.0 Å². The molecule has 2 nitrogen and oxygen atoms in total. The molecule has 2 heterocycles. The molecule has 2 aromatic heterocycles. The minimum Gasteiger partial charge on any atom is -0.456 e. The number of benzene rings is 10. The Morgan fingerprint density at radius 2 is 0.847 bits per heavy atom. The minimum absolute atomic E-state index is 0.169. The normalized spacial score (nSPS) is 13.4. The molecule has 10 aromatic carbocycles. The highest BCUT2D eigenvalue weighted by Gasteiger charge is 2.36. The molecule has 0 bridgehead atoms. The molecular formula is C57H36O2. The van der Waals surface area contributed by atoms with Gasteiger partial charge in [0.15, 0.2) is 0 Å². The van der Waals surface area contributed by atoms with E-state index in [1.165, 1.54) is 82.4 Å². The number of rotatable bonds is 3. The number of para-hydroxylation sites is 1. The number of furan rings is 2. The Kier molecular flexibility index (Phi) is 6.54. The molecule has 1 aliphatic carbocycles. The van der Waals surface area contributed by atoms with Crippen molar-refractivity contribution < 1.29 is 8.83 Å². The highest BCUT2D eigenvalue weighted by molar-refractivity contribution is 6.23. The summed E-state index contributed by atoms with van der Waals surface area (Å²) in [5.74, 6) is 0. The summed E-state index contributed by atoms with van der Waals surface area (Å²) in [5, 5.41) is 12.0. The van der Waals surface area contributed by atoms with Crippen LogP contribution in [-0.4, -0.2) is 0 Å². The molecule has 0 amide bonds. The largest absolute Gasteiger partial charge is 0.456 e. The van der Waals surface area contributed by atoms with E-state index in [-0.39, 0.29) is 5.41 Å². The van der Waals surface area contributed by atoms with E-state index in [1.54, 1.807) is 0 Å². The summed E-state index contributed by atoms with van der Waals surface area (Å²) in [4.78, 5) is 0. The molecule has 0 unspecified atom stereocenters. The van der Waals surface area contributed by atoms with Crippen LogP contribution in [0.2, 0.25) is 0 Å². The van der Waals surface area contributed by atoms with Crippen molar-refractivity contribution in [3.8, 4) is 44.5 Å². The third-order valence-corrected chi connectivity index (χ3v) is 13.3. The van der Waals surface area contributed by atoms with E-state index in [1.807, 2.05) is 12.1 Å². The quantitative estimate of drug-likeness (QED) is 0.168. The molecule has 0 N–H and O–H groups in total. The van der Waals surface area contributed by atoms with Crippen LogP contribution in [0.5, 0.6) is 0 Å². The zero-order valence-corrected chi connectivity index (χ0v) is 32.6. The predicted molar refractivity (Wildman–Crippen MR) is 247 cm³/mol. The molecule has 0 aliphatic heterocycles. The predicted octanol–water partition coefficient (Wildman–Crippen LogP) is 16.3. The van der Waals surface area contributed by atoms with Gasteiger partial charge in [-0.1, -0.05) is 153 Å². The maximum Gasteiger partial charge on any atom is 0.136 e. The van der Waals surface area contributed by atoms with Crippen molar-refractivity contribution >= 4 is 76.2 Å². The smallest absolute Gasteiger partial charge is 0.136 e. The van der Waals surface area contributed by atoms with Gasteiger partial charge in [-0.2, -0.15) is 0 Å². The van der Waals surface area contributed by atoms with Gasteiger partial charge in [0.05, 0.1) is 0 Å². The summed E-state index contributed by atoms with van der Waals surface area (Å²) < 4.78 is 12.8. The first kappa shape index (κ1) is 32.6. The molecule has 0 saturated heterocycles. The molecule has 2 heteroatoms. The SMILES string of the molecule is CC1(C)c2ccc(-c3ccc4c(c3)oc3cc5c(cc34)oc3ccccc35)cc2-c2ccc(-c3c4ccccc4c(-c4cccc5ccccc45)c4ccccc34)cc21. The lowest BCUT2D eigenvalue weighted by atomic mass is 9.80. The van der Waals surface area contributed by atoms with Gasteiger partial charge in [0.25, 0.3) is 0 Å². The van der Waals surface area contributed by atoms with E-state index in [9.17, 15) is 0 Å². The average Bonchev–Trinajstić information content (AvgIpc) is 3.90. The molecule has 0 spiro atoms. The van der Waals surface area contributed by atoms with Crippen molar-refractivity contribution in [2.24, 2.45) is 0 Å². The van der Waals surface area contributed by atoms with Gasteiger partial charge in [-0.05, 0) is 130 Å². The molecule has 0 fully saturated rings. The highest BCUT2D eigenvalue weighted by atomic mass is 16.3. The third kappa shape index (κ3) is 4.57. The Balaban J connectivity index is 0.944. The summed E-state index contributed by atoms with van der Waals surface area (Å²) in [6.45, 7) is 4.75. The van der Waals surface area contributed by atoms with Gasteiger partial charge >= 0.3 is 0 Å². The van der Waals surface area contributed by atoms with Gasteiger partial charge in [0.1, 0.15) is 22.3 Å². The summed E-state index contributed by atoms with van der Waals surface area (Å²) in [6.07, 6.45) is 0. The Morgan fingerprint density at radius 3 is 1.59 bits per heavy atom. The van der Waals surface area contributed by atoms with E-state index >= 15 is 0 Å². The van der Waals surface area contributed by atoms with E-state index in [4.69, 9.17) is 8.83 Å². The van der Waals surface area contributed by atoms with E-state index in [2.05, 4.69) is 184 Å². The van der Waals surface area contributed by atoms with Gasteiger partial charge in [0, 0.05) is 27.0 Å². The van der Waals surface area contributed by atoms with Crippen molar-refractivity contribution in [2.45, 2.75) is 19.3 Å². The fourth-order valence-electron chi connectivity index (χ4n) is 10.4. The summed E-state index contributed by atoms with van der Waals surface area (Å²) in [6, 6.07) is 66.7. The molecule has 0 atom stereocenters. The van der Waals surface area contributed by atoms with Gasteiger partial charge < -0.3 is 8.83 Å². The second-order valence-corrected chi connectivity index (χ2v) is 16.8. The zero-order chi connectivity index (χ0) is 39.0. The van der Waals surface area contributed by atoms with E-state index < -0.39 is 0 Å². The number of fused-ring (bicyclic) bond motifs is 12. The molecular weight excluding hydrogens is 717 g/mol. The second-order valence-electron chi connectivity index (χ2n) is 16.8. The van der Waals surface area contributed by atoms with Crippen LogP contribution in [0.3, 0.4) is 0 Å².